The molecule has 3 N–H and O–H groups in total. The van der Waals surface area contributed by atoms with Crippen molar-refractivity contribution < 1.29 is 4.79 Å². The third kappa shape index (κ3) is 3.31. The van der Waals surface area contributed by atoms with Crippen LogP contribution in [0, 0.1) is 5.92 Å². The van der Waals surface area contributed by atoms with Crippen molar-refractivity contribution >= 4 is 16.9 Å². The van der Waals surface area contributed by atoms with E-state index in [4.69, 9.17) is 0 Å². The van der Waals surface area contributed by atoms with Crippen molar-refractivity contribution in [2.45, 2.75) is 57.0 Å². The number of hydrogen-bond donors (Lipinski definition) is 3. The number of benzene rings is 1. The summed E-state index contributed by atoms with van der Waals surface area (Å²) in [7, 11) is 0. The molecular weight excluding hydrogens is 300 g/mol. The molecule has 0 bridgehead atoms. The summed E-state index contributed by atoms with van der Waals surface area (Å²) < 4.78 is 0. The first-order valence-corrected chi connectivity index (χ1v) is 9.27. The van der Waals surface area contributed by atoms with E-state index in [0.29, 0.717) is 18.5 Å². The minimum absolute atomic E-state index is 0.0179. The predicted octanol–water partition coefficient (Wildman–Crippen LogP) is 2.53. The number of H-pyrrole nitrogens is 1. The number of hydrogen-bond acceptors (Lipinski definition) is 3. The lowest BCUT2D eigenvalue weighted by Crippen LogP contribution is -2.43. The molecule has 3 atom stereocenters. The maximum atomic E-state index is 12.3. The number of rotatable bonds is 5. The molecule has 128 valence electrons. The van der Waals surface area contributed by atoms with Gasteiger partial charge in [-0.3, -0.25) is 4.79 Å². The number of aromatic amines is 1. The Hall–Kier alpha value is -1.88. The zero-order valence-corrected chi connectivity index (χ0v) is 14.1. The number of nitrogens with one attached hydrogen (secondary N) is 3. The first-order valence-electron chi connectivity index (χ1n) is 9.27. The van der Waals surface area contributed by atoms with Crippen LogP contribution in [0.2, 0.25) is 0 Å². The Bertz CT molecular complexity index is 663. The van der Waals surface area contributed by atoms with Crippen LogP contribution < -0.4 is 10.6 Å². The van der Waals surface area contributed by atoms with E-state index in [1.807, 2.05) is 24.3 Å². The Morgan fingerprint density at radius 1 is 1.25 bits per heavy atom. The molecule has 2 fully saturated rings. The predicted molar refractivity (Wildman–Crippen MR) is 94.7 cm³/mol. The Labute approximate surface area is 142 Å². The molecule has 1 aromatic carbocycles. The van der Waals surface area contributed by atoms with Crippen molar-refractivity contribution in [2.75, 3.05) is 6.54 Å². The van der Waals surface area contributed by atoms with Crippen molar-refractivity contribution in [3.8, 4) is 0 Å². The lowest BCUT2D eigenvalue weighted by Gasteiger charge is -2.24. The van der Waals surface area contributed by atoms with Gasteiger partial charge < -0.3 is 15.6 Å². The lowest BCUT2D eigenvalue weighted by molar-refractivity contribution is -0.122. The summed E-state index contributed by atoms with van der Waals surface area (Å²) in [6.45, 7) is 0.712. The minimum atomic E-state index is 0.0179. The monoisotopic (exact) mass is 326 g/mol. The summed E-state index contributed by atoms with van der Waals surface area (Å²) in [5, 5.41) is 6.63. The van der Waals surface area contributed by atoms with Gasteiger partial charge in [0.15, 0.2) is 0 Å². The van der Waals surface area contributed by atoms with Gasteiger partial charge in [0.2, 0.25) is 5.91 Å². The number of carbonyl (C=O) groups is 1. The van der Waals surface area contributed by atoms with Crippen LogP contribution in [0.15, 0.2) is 24.3 Å². The highest BCUT2D eigenvalue weighted by Crippen LogP contribution is 2.33. The maximum absolute atomic E-state index is 12.3. The molecule has 4 rings (SSSR count). The van der Waals surface area contributed by atoms with Crippen LogP contribution in [-0.2, 0) is 11.2 Å². The summed E-state index contributed by atoms with van der Waals surface area (Å²) in [6, 6.07) is 8.66. The van der Waals surface area contributed by atoms with Gasteiger partial charge in [-0.2, -0.15) is 0 Å². The first kappa shape index (κ1) is 15.6. The molecule has 24 heavy (non-hydrogen) atoms. The smallest absolute Gasteiger partial charge is 0.237 e. The summed E-state index contributed by atoms with van der Waals surface area (Å²) in [4.78, 5) is 20.3. The van der Waals surface area contributed by atoms with Gasteiger partial charge in [-0.1, -0.05) is 25.0 Å². The number of amides is 1. The van der Waals surface area contributed by atoms with E-state index in [1.54, 1.807) is 0 Å². The molecule has 1 aliphatic heterocycles. The Kier molecular flexibility index (Phi) is 4.52. The van der Waals surface area contributed by atoms with Gasteiger partial charge in [-0.15, -0.1) is 0 Å². The van der Waals surface area contributed by atoms with Crippen molar-refractivity contribution in [3.63, 3.8) is 0 Å². The van der Waals surface area contributed by atoms with Crippen LogP contribution in [0.5, 0.6) is 0 Å². The molecule has 3 unspecified atom stereocenters. The van der Waals surface area contributed by atoms with Gasteiger partial charge in [0, 0.05) is 19.0 Å². The highest BCUT2D eigenvalue weighted by Gasteiger charge is 2.37. The van der Waals surface area contributed by atoms with Crippen molar-refractivity contribution in [1.82, 2.24) is 20.6 Å². The molecule has 1 amide bonds. The van der Waals surface area contributed by atoms with Crippen LogP contribution in [0.3, 0.4) is 0 Å². The molecule has 1 saturated heterocycles. The van der Waals surface area contributed by atoms with Gasteiger partial charge in [-0.25, -0.2) is 4.98 Å². The van der Waals surface area contributed by atoms with Crippen molar-refractivity contribution in [2.24, 2.45) is 5.92 Å². The molecule has 5 heteroatoms. The fraction of sp³-hybridized carbons (Fsp3) is 0.579. The second kappa shape index (κ2) is 6.93. The van der Waals surface area contributed by atoms with E-state index in [9.17, 15) is 4.79 Å². The largest absolute Gasteiger partial charge is 0.355 e. The minimum Gasteiger partial charge on any atom is -0.355 e. The molecule has 2 heterocycles. The number of para-hydroxylation sites is 2. The van der Waals surface area contributed by atoms with Gasteiger partial charge in [0.1, 0.15) is 5.82 Å². The first-order chi connectivity index (χ1) is 11.8. The zero-order chi connectivity index (χ0) is 16.4. The van der Waals surface area contributed by atoms with E-state index in [-0.39, 0.29) is 11.9 Å². The Balaban J connectivity index is 1.22. The van der Waals surface area contributed by atoms with Crippen molar-refractivity contribution in [3.05, 3.63) is 30.1 Å². The number of imidazole rings is 1. The van der Waals surface area contributed by atoms with E-state index < -0.39 is 0 Å². The van der Waals surface area contributed by atoms with E-state index in [0.717, 1.165) is 36.1 Å². The zero-order valence-electron chi connectivity index (χ0n) is 14.1. The summed E-state index contributed by atoms with van der Waals surface area (Å²) in [5.74, 6) is 1.88. The van der Waals surface area contributed by atoms with E-state index in [1.165, 1.54) is 25.7 Å². The maximum Gasteiger partial charge on any atom is 0.237 e. The molecule has 2 aliphatic rings. The van der Waals surface area contributed by atoms with Crippen molar-refractivity contribution in [1.29, 1.82) is 0 Å². The normalized spacial score (nSPS) is 26.4. The quantitative estimate of drug-likeness (QED) is 0.740. The van der Waals surface area contributed by atoms with Gasteiger partial charge >= 0.3 is 0 Å². The van der Waals surface area contributed by atoms with Crippen LogP contribution in [0.4, 0.5) is 0 Å². The molecule has 0 radical (unpaired) electrons. The number of carbonyl (C=O) groups excluding carboxylic acids is 1. The summed E-state index contributed by atoms with van der Waals surface area (Å²) in [6.07, 6.45) is 7.94. The number of fused-ring (bicyclic) bond motifs is 2. The third-order valence-corrected chi connectivity index (χ3v) is 5.51. The fourth-order valence-electron chi connectivity index (χ4n) is 4.24. The van der Waals surface area contributed by atoms with Gasteiger partial charge in [0.05, 0.1) is 17.1 Å². The van der Waals surface area contributed by atoms with Crippen LogP contribution in [0.1, 0.15) is 44.3 Å². The number of aryl methyl sites for hydroxylation is 1. The average Bonchev–Trinajstić information content (AvgIpc) is 3.21. The van der Waals surface area contributed by atoms with Gasteiger partial charge in [-0.05, 0) is 43.7 Å². The fourth-order valence-corrected chi connectivity index (χ4v) is 4.24. The molecule has 5 nitrogen and oxygen atoms in total. The topological polar surface area (TPSA) is 69.8 Å². The van der Waals surface area contributed by atoms with E-state index >= 15 is 0 Å². The lowest BCUT2D eigenvalue weighted by atomic mass is 9.85. The highest BCUT2D eigenvalue weighted by atomic mass is 16.2. The molecular formula is C19H26N4O. The third-order valence-electron chi connectivity index (χ3n) is 5.51. The molecule has 1 aromatic heterocycles. The molecule has 2 aromatic rings. The number of nitrogens with zero attached hydrogens (tertiary/aromatic N) is 1. The SMILES string of the molecule is O=C(NCCCc1nc2ccccc2[nH]1)C1CC2CCCCC2N1. The second-order valence-corrected chi connectivity index (χ2v) is 7.20. The highest BCUT2D eigenvalue weighted by molar-refractivity contribution is 5.82. The Morgan fingerprint density at radius 2 is 2.12 bits per heavy atom. The molecule has 1 saturated carbocycles. The second-order valence-electron chi connectivity index (χ2n) is 7.20. The standard InChI is InChI=1S/C19H26N4O/c24-19(17-12-13-6-1-2-7-14(13)21-17)20-11-5-10-18-22-15-8-3-4-9-16(15)23-18/h3-4,8-9,13-14,17,21H,1-2,5-7,10-12H2,(H,20,24)(H,22,23). The van der Waals surface area contributed by atoms with Crippen LogP contribution in [-0.4, -0.2) is 34.5 Å². The molecule has 0 spiro atoms. The summed E-state index contributed by atoms with van der Waals surface area (Å²) >= 11 is 0. The molecule has 1 aliphatic carbocycles. The van der Waals surface area contributed by atoms with Crippen LogP contribution in [0.25, 0.3) is 11.0 Å². The summed E-state index contributed by atoms with van der Waals surface area (Å²) in [5.41, 5.74) is 2.09. The number of aromatic nitrogens is 2. The van der Waals surface area contributed by atoms with Crippen LogP contribution >= 0.6 is 0 Å². The van der Waals surface area contributed by atoms with Gasteiger partial charge in [0.25, 0.3) is 0 Å². The average molecular weight is 326 g/mol. The van der Waals surface area contributed by atoms with E-state index in [2.05, 4.69) is 20.6 Å². The Morgan fingerprint density at radius 3 is 3.00 bits per heavy atom.